The fraction of sp³-hybridized carbons (Fsp3) is 0.500. The maximum absolute atomic E-state index is 11.6. The van der Waals surface area contributed by atoms with Crippen molar-refractivity contribution in [1.29, 1.82) is 0 Å². The van der Waals surface area contributed by atoms with Crippen molar-refractivity contribution in [2.24, 2.45) is 0 Å². The third-order valence-electron chi connectivity index (χ3n) is 2.44. The normalized spacial score (nSPS) is 12.0. The van der Waals surface area contributed by atoms with Crippen LogP contribution in [0.1, 0.15) is 32.8 Å². The lowest BCUT2D eigenvalue weighted by Gasteiger charge is -2.19. The Balaban J connectivity index is 2.39. The lowest BCUT2D eigenvalue weighted by molar-refractivity contribution is 0.0563. The van der Waals surface area contributed by atoms with Crippen LogP contribution in [0, 0.1) is 0 Å². The first-order chi connectivity index (χ1) is 10.5. The molecule has 9 heteroatoms. The number of rotatable bonds is 6. The molecule has 130 valence electrons. The molecule has 0 aliphatic heterocycles. The number of halogens is 2. The highest BCUT2D eigenvalue weighted by Gasteiger charge is 2.21. The van der Waals surface area contributed by atoms with Gasteiger partial charge in [-0.25, -0.2) is 4.79 Å². The molecule has 1 aromatic carbocycles. The van der Waals surface area contributed by atoms with Gasteiger partial charge in [0.2, 0.25) is 0 Å². The molecule has 0 heterocycles. The minimum Gasteiger partial charge on any atom is -0.443 e. The fourth-order valence-corrected chi connectivity index (χ4v) is 2.53. The van der Waals surface area contributed by atoms with Crippen molar-refractivity contribution < 1.29 is 22.1 Å². The maximum atomic E-state index is 11.6. The number of nitrogens with one attached hydrogen (secondary N) is 1. The number of hydrogen-bond acceptors (Lipinski definition) is 5. The van der Waals surface area contributed by atoms with Gasteiger partial charge in [-0.1, -0.05) is 29.3 Å². The topological polar surface area (TPSA) is 81.7 Å². The summed E-state index contributed by atoms with van der Waals surface area (Å²) < 4.78 is 34.3. The second kappa shape index (κ2) is 8.19. The van der Waals surface area contributed by atoms with Crippen molar-refractivity contribution in [3.05, 3.63) is 33.8 Å². The largest absolute Gasteiger partial charge is 0.443 e. The second-order valence-electron chi connectivity index (χ2n) is 5.73. The van der Waals surface area contributed by atoms with E-state index in [2.05, 4.69) is 0 Å². The number of benzene rings is 1. The van der Waals surface area contributed by atoms with Crippen LogP contribution < -0.4 is 4.72 Å². The van der Waals surface area contributed by atoms with Gasteiger partial charge in [0.1, 0.15) is 5.60 Å². The molecule has 0 unspecified atom stereocenters. The van der Waals surface area contributed by atoms with E-state index in [4.69, 9.17) is 32.1 Å². The van der Waals surface area contributed by atoms with Crippen LogP contribution in [0.2, 0.25) is 10.0 Å². The van der Waals surface area contributed by atoms with E-state index in [0.29, 0.717) is 22.9 Å². The van der Waals surface area contributed by atoms with Gasteiger partial charge < -0.3 is 4.74 Å². The zero-order valence-electron chi connectivity index (χ0n) is 13.1. The first-order valence-electron chi connectivity index (χ1n) is 6.82. The SMILES string of the molecule is CC(C)(C)OC(=O)NS(=O)(=O)OCCCc1ccc(Cl)c(Cl)c1. The molecule has 0 radical (unpaired) electrons. The Morgan fingerprint density at radius 2 is 1.87 bits per heavy atom. The number of ether oxygens (including phenoxy) is 1. The fourth-order valence-electron chi connectivity index (χ4n) is 1.57. The summed E-state index contributed by atoms with van der Waals surface area (Å²) in [5.41, 5.74) is 0.105. The first-order valence-corrected chi connectivity index (χ1v) is 8.99. The van der Waals surface area contributed by atoms with E-state index in [1.54, 1.807) is 43.7 Å². The predicted molar refractivity (Wildman–Crippen MR) is 89.0 cm³/mol. The summed E-state index contributed by atoms with van der Waals surface area (Å²) in [4.78, 5) is 11.4. The first kappa shape index (κ1) is 20.0. The summed E-state index contributed by atoms with van der Waals surface area (Å²) in [7, 11) is -4.19. The summed E-state index contributed by atoms with van der Waals surface area (Å²) >= 11 is 11.7. The van der Waals surface area contributed by atoms with Crippen LogP contribution in [0.25, 0.3) is 0 Å². The standard InChI is InChI=1S/C14H19Cl2NO5S/c1-14(2,3)22-13(18)17-23(19,20)21-8-4-5-10-6-7-11(15)12(16)9-10/h6-7,9H,4-5,8H2,1-3H3,(H,17,18). The Morgan fingerprint density at radius 1 is 1.22 bits per heavy atom. The van der Waals surface area contributed by atoms with Crippen LogP contribution in [0.3, 0.4) is 0 Å². The Labute approximate surface area is 146 Å². The minimum absolute atomic E-state index is 0.0849. The zero-order chi connectivity index (χ0) is 17.7. The van der Waals surface area contributed by atoms with E-state index >= 15 is 0 Å². The van der Waals surface area contributed by atoms with Gasteiger partial charge in [0.25, 0.3) is 0 Å². The maximum Gasteiger partial charge on any atom is 0.423 e. The Morgan fingerprint density at radius 3 is 2.43 bits per heavy atom. The van der Waals surface area contributed by atoms with Crippen LogP contribution in [0.15, 0.2) is 18.2 Å². The van der Waals surface area contributed by atoms with Gasteiger partial charge in [0, 0.05) is 0 Å². The molecular formula is C14H19Cl2NO5S. The van der Waals surface area contributed by atoms with Crippen LogP contribution >= 0.6 is 23.2 Å². The van der Waals surface area contributed by atoms with Crippen molar-refractivity contribution in [2.45, 2.75) is 39.2 Å². The van der Waals surface area contributed by atoms with Gasteiger partial charge in [-0.05, 0) is 51.3 Å². The number of aryl methyl sites for hydroxylation is 1. The highest BCUT2D eigenvalue weighted by atomic mass is 35.5. The molecule has 23 heavy (non-hydrogen) atoms. The summed E-state index contributed by atoms with van der Waals surface area (Å²) in [5, 5.41) is 0.889. The molecule has 0 aromatic heterocycles. The Kier molecular flexibility index (Phi) is 7.13. The molecule has 1 amide bonds. The van der Waals surface area contributed by atoms with Crippen LogP contribution in [0.5, 0.6) is 0 Å². The molecule has 1 rings (SSSR count). The molecule has 6 nitrogen and oxygen atoms in total. The molecule has 0 fully saturated rings. The predicted octanol–water partition coefficient (Wildman–Crippen LogP) is 3.71. The highest BCUT2D eigenvalue weighted by Crippen LogP contribution is 2.23. The van der Waals surface area contributed by atoms with E-state index < -0.39 is 22.0 Å². The van der Waals surface area contributed by atoms with Crippen molar-refractivity contribution in [3.8, 4) is 0 Å². The number of carbonyl (C=O) groups is 1. The van der Waals surface area contributed by atoms with Crippen molar-refractivity contribution in [3.63, 3.8) is 0 Å². The quantitative estimate of drug-likeness (QED) is 0.756. The molecule has 0 saturated carbocycles. The third kappa shape index (κ3) is 8.41. The molecule has 0 saturated heterocycles. The summed E-state index contributed by atoms with van der Waals surface area (Å²) in [6, 6.07) is 5.17. The van der Waals surface area contributed by atoms with Crippen LogP contribution in [-0.4, -0.2) is 26.7 Å². The number of carbonyl (C=O) groups excluding carboxylic acids is 1. The zero-order valence-corrected chi connectivity index (χ0v) is 15.4. The molecule has 1 N–H and O–H groups in total. The van der Waals surface area contributed by atoms with E-state index in [1.165, 1.54) is 0 Å². The molecule has 0 aliphatic carbocycles. The Hall–Kier alpha value is -1.02. The van der Waals surface area contributed by atoms with Gasteiger partial charge in [-0.3, -0.25) is 4.18 Å². The van der Waals surface area contributed by atoms with Crippen LogP contribution in [-0.2, 0) is 25.6 Å². The monoisotopic (exact) mass is 383 g/mol. The van der Waals surface area contributed by atoms with E-state index in [9.17, 15) is 13.2 Å². The van der Waals surface area contributed by atoms with Gasteiger partial charge in [-0.15, -0.1) is 0 Å². The minimum atomic E-state index is -4.19. The average Bonchev–Trinajstić information content (AvgIpc) is 2.35. The molecule has 0 spiro atoms. The Bertz CT molecular complexity index is 656. The summed E-state index contributed by atoms with van der Waals surface area (Å²) in [6.07, 6.45) is -0.103. The van der Waals surface area contributed by atoms with Crippen molar-refractivity contribution in [2.75, 3.05) is 6.61 Å². The van der Waals surface area contributed by atoms with E-state index in [1.807, 2.05) is 0 Å². The molecular weight excluding hydrogens is 365 g/mol. The number of hydrogen-bond donors (Lipinski definition) is 1. The lowest BCUT2D eigenvalue weighted by Crippen LogP contribution is -2.37. The van der Waals surface area contributed by atoms with E-state index in [-0.39, 0.29) is 6.61 Å². The van der Waals surface area contributed by atoms with Crippen LogP contribution in [0.4, 0.5) is 4.79 Å². The second-order valence-corrected chi connectivity index (χ2v) is 7.89. The highest BCUT2D eigenvalue weighted by molar-refractivity contribution is 7.85. The van der Waals surface area contributed by atoms with Gasteiger partial charge in [0.15, 0.2) is 0 Å². The number of amides is 1. The summed E-state index contributed by atoms with van der Waals surface area (Å²) in [6.45, 7) is 4.78. The van der Waals surface area contributed by atoms with Gasteiger partial charge >= 0.3 is 16.4 Å². The molecule has 0 atom stereocenters. The van der Waals surface area contributed by atoms with Gasteiger partial charge in [0.05, 0.1) is 16.7 Å². The molecule has 0 bridgehead atoms. The third-order valence-corrected chi connectivity index (χ3v) is 4.07. The summed E-state index contributed by atoms with van der Waals surface area (Å²) in [5.74, 6) is 0. The smallest absolute Gasteiger partial charge is 0.423 e. The van der Waals surface area contributed by atoms with Crippen molar-refractivity contribution in [1.82, 2.24) is 4.72 Å². The molecule has 1 aromatic rings. The van der Waals surface area contributed by atoms with Crippen molar-refractivity contribution >= 4 is 39.6 Å². The van der Waals surface area contributed by atoms with E-state index in [0.717, 1.165) is 5.56 Å². The lowest BCUT2D eigenvalue weighted by atomic mass is 10.1. The van der Waals surface area contributed by atoms with Gasteiger partial charge in [-0.2, -0.15) is 13.1 Å². The molecule has 0 aliphatic rings. The average molecular weight is 384 g/mol.